The lowest BCUT2D eigenvalue weighted by Gasteiger charge is -2.16. The molecule has 21 heavy (non-hydrogen) atoms. The normalized spacial score (nSPS) is 12.3. The van der Waals surface area contributed by atoms with Gasteiger partial charge in [0.15, 0.2) is 5.82 Å². The van der Waals surface area contributed by atoms with Crippen LogP contribution in [-0.2, 0) is 11.3 Å². The third kappa shape index (κ3) is 4.62. The summed E-state index contributed by atoms with van der Waals surface area (Å²) in [6.45, 7) is 6.58. The molecule has 4 heteroatoms. The maximum Gasteiger partial charge on any atom is 0.161 e. The van der Waals surface area contributed by atoms with E-state index < -0.39 is 0 Å². The van der Waals surface area contributed by atoms with Crippen molar-refractivity contribution >= 4 is 0 Å². The molecule has 0 aliphatic carbocycles. The van der Waals surface area contributed by atoms with Gasteiger partial charge in [-0.2, -0.15) is 0 Å². The van der Waals surface area contributed by atoms with Crippen LogP contribution in [0.15, 0.2) is 42.7 Å². The van der Waals surface area contributed by atoms with Gasteiger partial charge in [0.25, 0.3) is 0 Å². The van der Waals surface area contributed by atoms with E-state index in [0.29, 0.717) is 12.4 Å². The highest BCUT2D eigenvalue weighted by Crippen LogP contribution is 2.22. The van der Waals surface area contributed by atoms with Gasteiger partial charge >= 0.3 is 0 Å². The third-order valence-electron chi connectivity index (χ3n) is 3.15. The zero-order chi connectivity index (χ0) is 14.9. The van der Waals surface area contributed by atoms with Crippen molar-refractivity contribution in [3.05, 3.63) is 59.7 Å². The van der Waals surface area contributed by atoms with Crippen LogP contribution in [0.1, 0.15) is 43.3 Å². The highest BCUT2D eigenvalue weighted by molar-refractivity contribution is 5.23. The van der Waals surface area contributed by atoms with Crippen molar-refractivity contribution < 1.29 is 4.74 Å². The van der Waals surface area contributed by atoms with Crippen LogP contribution in [0.4, 0.5) is 0 Å². The van der Waals surface area contributed by atoms with Crippen molar-refractivity contribution in [1.82, 2.24) is 15.3 Å². The Morgan fingerprint density at radius 2 is 1.81 bits per heavy atom. The van der Waals surface area contributed by atoms with E-state index in [4.69, 9.17) is 4.74 Å². The molecule has 1 heterocycles. The highest BCUT2D eigenvalue weighted by Gasteiger charge is 2.16. The second-order valence-corrected chi connectivity index (χ2v) is 4.87. The lowest BCUT2D eigenvalue weighted by atomic mass is 10.1. The molecule has 0 spiro atoms. The summed E-state index contributed by atoms with van der Waals surface area (Å²) in [5.41, 5.74) is 2.17. The molecule has 0 aliphatic rings. The molecule has 0 aliphatic heterocycles. The van der Waals surface area contributed by atoms with Crippen molar-refractivity contribution in [2.24, 2.45) is 0 Å². The molecule has 1 aromatic heterocycles. The summed E-state index contributed by atoms with van der Waals surface area (Å²) in [6.07, 6.45) is 4.67. The van der Waals surface area contributed by atoms with E-state index in [9.17, 15) is 0 Å². The topological polar surface area (TPSA) is 47.0 Å². The number of hydrogen-bond acceptors (Lipinski definition) is 4. The molecule has 0 saturated heterocycles. The van der Waals surface area contributed by atoms with Gasteiger partial charge in [0.05, 0.1) is 0 Å². The average molecular weight is 285 g/mol. The summed E-state index contributed by atoms with van der Waals surface area (Å²) < 4.78 is 5.81. The maximum absolute atomic E-state index is 5.81. The lowest BCUT2D eigenvalue weighted by Crippen LogP contribution is -2.15. The van der Waals surface area contributed by atoms with Crippen LogP contribution in [0.3, 0.4) is 0 Å². The fraction of sp³-hybridized carbons (Fsp3) is 0.412. The highest BCUT2D eigenvalue weighted by atomic mass is 16.5. The third-order valence-corrected chi connectivity index (χ3v) is 3.15. The van der Waals surface area contributed by atoms with Gasteiger partial charge in [0.1, 0.15) is 6.10 Å². The Morgan fingerprint density at radius 3 is 2.43 bits per heavy atom. The van der Waals surface area contributed by atoms with E-state index >= 15 is 0 Å². The number of nitrogens with zero attached hydrogens (tertiary/aromatic N) is 2. The zero-order valence-electron chi connectivity index (χ0n) is 12.7. The Hall–Kier alpha value is -1.78. The van der Waals surface area contributed by atoms with E-state index in [2.05, 4.69) is 22.2 Å². The Kier molecular flexibility index (Phi) is 6.31. The number of nitrogens with one attached hydrogen (secondary N) is 1. The summed E-state index contributed by atoms with van der Waals surface area (Å²) >= 11 is 0. The van der Waals surface area contributed by atoms with Crippen LogP contribution >= 0.6 is 0 Å². The van der Waals surface area contributed by atoms with Gasteiger partial charge in [-0.3, -0.25) is 0 Å². The first-order valence-electron chi connectivity index (χ1n) is 7.53. The molecular weight excluding hydrogens is 262 g/mol. The summed E-state index contributed by atoms with van der Waals surface area (Å²) in [6, 6.07) is 10.1. The van der Waals surface area contributed by atoms with Gasteiger partial charge in [0, 0.05) is 31.1 Å². The van der Waals surface area contributed by atoms with Crippen LogP contribution < -0.4 is 5.32 Å². The monoisotopic (exact) mass is 285 g/mol. The van der Waals surface area contributed by atoms with Crippen LogP contribution in [0.25, 0.3) is 0 Å². The van der Waals surface area contributed by atoms with E-state index in [1.807, 2.05) is 49.6 Å². The number of hydrogen-bond donors (Lipinski definition) is 1. The minimum Gasteiger partial charge on any atom is -0.366 e. The van der Waals surface area contributed by atoms with Crippen molar-refractivity contribution in [3.63, 3.8) is 0 Å². The fourth-order valence-electron chi connectivity index (χ4n) is 2.12. The molecule has 0 amide bonds. The molecule has 1 aromatic carbocycles. The van der Waals surface area contributed by atoms with E-state index in [0.717, 1.165) is 30.6 Å². The zero-order valence-corrected chi connectivity index (χ0v) is 12.7. The van der Waals surface area contributed by atoms with Gasteiger partial charge < -0.3 is 10.1 Å². The van der Waals surface area contributed by atoms with Crippen LogP contribution in [-0.4, -0.2) is 23.1 Å². The summed E-state index contributed by atoms with van der Waals surface area (Å²) in [7, 11) is 0. The molecule has 1 atom stereocenters. The van der Waals surface area contributed by atoms with Crippen LogP contribution in [0.2, 0.25) is 0 Å². The first kappa shape index (κ1) is 15.6. The minimum atomic E-state index is -0.200. The number of ether oxygens (including phenoxy) is 1. The molecule has 2 aromatic rings. The molecule has 0 bridgehead atoms. The van der Waals surface area contributed by atoms with Gasteiger partial charge in [-0.25, -0.2) is 9.97 Å². The molecule has 0 fully saturated rings. The summed E-state index contributed by atoms with van der Waals surface area (Å²) in [4.78, 5) is 8.95. The first-order valence-corrected chi connectivity index (χ1v) is 7.53. The van der Waals surface area contributed by atoms with Gasteiger partial charge in [-0.05, 0) is 25.5 Å². The molecule has 0 radical (unpaired) electrons. The standard InChI is InChI=1S/C17H23N3O/c1-3-10-18-11-14-12-19-17(20-13-14)16(21-4-2)15-8-6-5-7-9-15/h5-9,12-13,16,18H,3-4,10-11H2,1-2H3. The molecule has 1 N–H and O–H groups in total. The number of aromatic nitrogens is 2. The minimum absolute atomic E-state index is 0.200. The van der Waals surface area contributed by atoms with Crippen molar-refractivity contribution in [1.29, 1.82) is 0 Å². The van der Waals surface area contributed by atoms with Crippen molar-refractivity contribution in [2.75, 3.05) is 13.2 Å². The maximum atomic E-state index is 5.81. The molecular formula is C17H23N3O. The second kappa shape index (κ2) is 8.49. The molecule has 2 rings (SSSR count). The lowest BCUT2D eigenvalue weighted by molar-refractivity contribution is 0.0850. The van der Waals surface area contributed by atoms with E-state index in [1.54, 1.807) is 0 Å². The fourth-order valence-corrected chi connectivity index (χ4v) is 2.12. The molecule has 1 unspecified atom stereocenters. The average Bonchev–Trinajstić information content (AvgIpc) is 2.54. The summed E-state index contributed by atoms with van der Waals surface area (Å²) in [5, 5.41) is 3.35. The van der Waals surface area contributed by atoms with E-state index in [1.165, 1.54) is 0 Å². The second-order valence-electron chi connectivity index (χ2n) is 4.87. The smallest absolute Gasteiger partial charge is 0.161 e. The Morgan fingerprint density at radius 1 is 1.10 bits per heavy atom. The van der Waals surface area contributed by atoms with E-state index in [-0.39, 0.29) is 6.10 Å². The SMILES string of the molecule is CCCNCc1cnc(C(OCC)c2ccccc2)nc1. The molecule has 4 nitrogen and oxygen atoms in total. The van der Waals surface area contributed by atoms with Gasteiger partial charge in [-0.15, -0.1) is 0 Å². The Labute approximate surface area is 126 Å². The molecule has 112 valence electrons. The number of rotatable bonds is 8. The predicted molar refractivity (Wildman–Crippen MR) is 83.9 cm³/mol. The van der Waals surface area contributed by atoms with Gasteiger partial charge in [-0.1, -0.05) is 37.3 Å². The Bertz CT molecular complexity index is 513. The summed E-state index contributed by atoms with van der Waals surface area (Å²) in [5.74, 6) is 0.710. The largest absolute Gasteiger partial charge is 0.366 e. The van der Waals surface area contributed by atoms with Crippen LogP contribution in [0.5, 0.6) is 0 Å². The quantitative estimate of drug-likeness (QED) is 0.757. The number of benzene rings is 1. The molecule has 0 saturated carbocycles. The predicted octanol–water partition coefficient (Wildman–Crippen LogP) is 3.10. The van der Waals surface area contributed by atoms with Crippen molar-refractivity contribution in [3.8, 4) is 0 Å². The van der Waals surface area contributed by atoms with Gasteiger partial charge in [0.2, 0.25) is 0 Å². The van der Waals surface area contributed by atoms with Crippen LogP contribution in [0, 0.1) is 0 Å². The Balaban J connectivity index is 2.10. The van der Waals surface area contributed by atoms with Crippen molar-refractivity contribution in [2.45, 2.75) is 32.9 Å². The first-order chi connectivity index (χ1) is 10.3.